The van der Waals surface area contributed by atoms with Crippen molar-refractivity contribution in [1.82, 2.24) is 5.32 Å². The van der Waals surface area contributed by atoms with Gasteiger partial charge in [-0.3, -0.25) is 4.79 Å². The average Bonchev–Trinajstić information content (AvgIpc) is 2.28. The third-order valence-corrected chi connectivity index (χ3v) is 4.59. The van der Waals surface area contributed by atoms with E-state index in [4.69, 9.17) is 5.73 Å². The smallest absolute Gasteiger partial charge is 0.234 e. The number of primary amides is 1. The Labute approximate surface area is 123 Å². The molecule has 0 aromatic heterocycles. The Balaban J connectivity index is 1.90. The van der Waals surface area contributed by atoms with Crippen LogP contribution in [0, 0.1) is 5.92 Å². The molecule has 3 nitrogen and oxygen atoms in total. The minimum Gasteiger partial charge on any atom is -0.368 e. The van der Waals surface area contributed by atoms with Crippen molar-refractivity contribution in [2.45, 2.75) is 44.7 Å². The van der Waals surface area contributed by atoms with Crippen LogP contribution in [0.1, 0.15) is 38.2 Å². The Morgan fingerprint density at radius 1 is 1.37 bits per heavy atom. The van der Waals surface area contributed by atoms with Crippen LogP contribution in [0.4, 0.5) is 0 Å². The molecule has 1 aromatic carbocycles. The number of benzene rings is 1. The van der Waals surface area contributed by atoms with Gasteiger partial charge in [-0.2, -0.15) is 0 Å². The Kier molecular flexibility index (Phi) is 4.63. The predicted molar refractivity (Wildman–Crippen MR) is 80.9 cm³/mol. The van der Waals surface area contributed by atoms with Crippen LogP contribution in [0.15, 0.2) is 28.7 Å². The van der Waals surface area contributed by atoms with Crippen LogP contribution < -0.4 is 11.1 Å². The summed E-state index contributed by atoms with van der Waals surface area (Å²) in [5.74, 6) is 0.563. The van der Waals surface area contributed by atoms with E-state index in [2.05, 4.69) is 39.4 Å². The zero-order valence-electron chi connectivity index (χ0n) is 11.4. The van der Waals surface area contributed by atoms with E-state index in [1.807, 2.05) is 19.9 Å². The predicted octanol–water partition coefficient (Wildman–Crippen LogP) is 2.79. The minimum absolute atomic E-state index is 0.217. The lowest BCUT2D eigenvalue weighted by Crippen LogP contribution is -2.53. The van der Waals surface area contributed by atoms with Gasteiger partial charge in [-0.25, -0.2) is 0 Å². The molecule has 104 valence electrons. The molecule has 0 saturated heterocycles. The molecule has 1 aromatic rings. The molecule has 4 heteroatoms. The summed E-state index contributed by atoms with van der Waals surface area (Å²) in [5.41, 5.74) is 6.79. The zero-order valence-corrected chi connectivity index (χ0v) is 13.0. The van der Waals surface area contributed by atoms with Crippen LogP contribution in [0.5, 0.6) is 0 Å². The minimum atomic E-state index is -0.251. The molecule has 1 fully saturated rings. The van der Waals surface area contributed by atoms with Crippen LogP contribution >= 0.6 is 15.9 Å². The van der Waals surface area contributed by atoms with Gasteiger partial charge in [0.25, 0.3) is 0 Å². The standard InChI is InChI=1S/C15H21BrN2O/c1-9(2)14(15(17)19)18-11-7-10(8-11)12-5-3-4-6-13(12)16/h3-6,9-11,14,18H,7-8H2,1-2H3,(H2,17,19). The molecular formula is C15H21BrN2O. The van der Waals surface area contributed by atoms with Gasteiger partial charge in [-0.05, 0) is 36.3 Å². The molecule has 3 N–H and O–H groups in total. The summed E-state index contributed by atoms with van der Waals surface area (Å²) in [4.78, 5) is 11.4. The third-order valence-electron chi connectivity index (χ3n) is 3.87. The summed E-state index contributed by atoms with van der Waals surface area (Å²) in [6.45, 7) is 4.04. The molecule has 2 rings (SSSR count). The summed E-state index contributed by atoms with van der Waals surface area (Å²) >= 11 is 3.59. The largest absolute Gasteiger partial charge is 0.368 e. The van der Waals surface area contributed by atoms with Gasteiger partial charge >= 0.3 is 0 Å². The van der Waals surface area contributed by atoms with Crippen molar-refractivity contribution in [2.75, 3.05) is 0 Å². The van der Waals surface area contributed by atoms with Gasteiger partial charge < -0.3 is 11.1 Å². The highest BCUT2D eigenvalue weighted by Crippen LogP contribution is 2.40. The highest BCUT2D eigenvalue weighted by atomic mass is 79.9. The van der Waals surface area contributed by atoms with Gasteiger partial charge in [0.2, 0.25) is 5.91 Å². The second kappa shape index (κ2) is 6.06. The number of hydrogen-bond acceptors (Lipinski definition) is 2. The van der Waals surface area contributed by atoms with Crippen molar-refractivity contribution in [3.8, 4) is 0 Å². The van der Waals surface area contributed by atoms with Crippen LogP contribution in [0.25, 0.3) is 0 Å². The van der Waals surface area contributed by atoms with Gasteiger partial charge in [0, 0.05) is 10.5 Å². The molecule has 1 aliphatic rings. The second-order valence-corrected chi connectivity index (χ2v) is 6.53. The molecule has 0 aliphatic heterocycles. The first-order chi connectivity index (χ1) is 8.99. The van der Waals surface area contributed by atoms with E-state index in [1.54, 1.807) is 0 Å². The lowest BCUT2D eigenvalue weighted by atomic mass is 9.75. The van der Waals surface area contributed by atoms with E-state index in [0.717, 1.165) is 12.8 Å². The van der Waals surface area contributed by atoms with Gasteiger partial charge in [-0.15, -0.1) is 0 Å². The van der Waals surface area contributed by atoms with Crippen LogP contribution in [-0.2, 0) is 4.79 Å². The Morgan fingerprint density at radius 3 is 2.53 bits per heavy atom. The molecule has 1 atom stereocenters. The summed E-state index contributed by atoms with van der Waals surface area (Å²) < 4.78 is 1.17. The topological polar surface area (TPSA) is 55.1 Å². The molecule has 1 amide bonds. The number of nitrogens with one attached hydrogen (secondary N) is 1. The van der Waals surface area contributed by atoms with E-state index in [-0.39, 0.29) is 17.9 Å². The average molecular weight is 325 g/mol. The van der Waals surface area contributed by atoms with Gasteiger partial charge in [0.15, 0.2) is 0 Å². The van der Waals surface area contributed by atoms with E-state index in [9.17, 15) is 4.79 Å². The first-order valence-corrected chi connectivity index (χ1v) is 7.58. The molecule has 0 bridgehead atoms. The van der Waals surface area contributed by atoms with Crippen molar-refractivity contribution >= 4 is 21.8 Å². The Bertz CT molecular complexity index is 455. The Hall–Kier alpha value is -0.870. The monoisotopic (exact) mass is 324 g/mol. The molecule has 19 heavy (non-hydrogen) atoms. The number of nitrogens with two attached hydrogens (primary N) is 1. The molecule has 0 spiro atoms. The number of carbonyl (C=O) groups excluding carboxylic acids is 1. The summed E-state index contributed by atoms with van der Waals surface area (Å²) in [6, 6.07) is 8.53. The van der Waals surface area contributed by atoms with Crippen LogP contribution in [0.2, 0.25) is 0 Å². The summed E-state index contributed by atoms with van der Waals surface area (Å²) in [6.07, 6.45) is 2.14. The zero-order chi connectivity index (χ0) is 14.0. The lowest BCUT2D eigenvalue weighted by molar-refractivity contribution is -0.121. The number of amides is 1. The fraction of sp³-hybridized carbons (Fsp3) is 0.533. The fourth-order valence-electron chi connectivity index (χ4n) is 2.67. The van der Waals surface area contributed by atoms with E-state index in [1.165, 1.54) is 10.0 Å². The molecule has 1 saturated carbocycles. The number of carbonyl (C=O) groups is 1. The highest BCUT2D eigenvalue weighted by molar-refractivity contribution is 9.10. The summed E-state index contributed by atoms with van der Waals surface area (Å²) in [7, 11) is 0. The summed E-state index contributed by atoms with van der Waals surface area (Å²) in [5, 5.41) is 3.38. The fourth-order valence-corrected chi connectivity index (χ4v) is 3.28. The number of hydrogen-bond donors (Lipinski definition) is 2. The maximum absolute atomic E-state index is 11.4. The van der Waals surface area contributed by atoms with E-state index >= 15 is 0 Å². The van der Waals surface area contributed by atoms with Crippen molar-refractivity contribution < 1.29 is 4.79 Å². The SMILES string of the molecule is CC(C)C(NC1CC(c2ccccc2Br)C1)C(N)=O. The van der Waals surface area contributed by atoms with E-state index in [0.29, 0.717) is 12.0 Å². The quantitative estimate of drug-likeness (QED) is 0.875. The molecule has 1 unspecified atom stereocenters. The highest BCUT2D eigenvalue weighted by Gasteiger charge is 2.34. The van der Waals surface area contributed by atoms with Crippen molar-refractivity contribution in [3.05, 3.63) is 34.3 Å². The Morgan fingerprint density at radius 2 is 2.00 bits per heavy atom. The normalized spacial score (nSPS) is 24.0. The molecular weight excluding hydrogens is 304 g/mol. The van der Waals surface area contributed by atoms with Crippen molar-refractivity contribution in [2.24, 2.45) is 11.7 Å². The number of rotatable bonds is 5. The lowest BCUT2D eigenvalue weighted by Gasteiger charge is -2.39. The molecule has 0 radical (unpaired) electrons. The van der Waals surface area contributed by atoms with Gasteiger partial charge in [-0.1, -0.05) is 48.0 Å². The van der Waals surface area contributed by atoms with Crippen LogP contribution in [0.3, 0.4) is 0 Å². The second-order valence-electron chi connectivity index (χ2n) is 5.68. The van der Waals surface area contributed by atoms with Gasteiger partial charge in [0.05, 0.1) is 6.04 Å². The van der Waals surface area contributed by atoms with Crippen molar-refractivity contribution in [1.29, 1.82) is 0 Å². The molecule has 1 aliphatic carbocycles. The number of halogens is 1. The first-order valence-electron chi connectivity index (χ1n) is 6.78. The van der Waals surface area contributed by atoms with Crippen LogP contribution in [-0.4, -0.2) is 18.0 Å². The maximum Gasteiger partial charge on any atom is 0.234 e. The van der Waals surface area contributed by atoms with Gasteiger partial charge in [0.1, 0.15) is 0 Å². The van der Waals surface area contributed by atoms with Crippen molar-refractivity contribution in [3.63, 3.8) is 0 Å². The van der Waals surface area contributed by atoms with E-state index < -0.39 is 0 Å². The maximum atomic E-state index is 11.4. The first kappa shape index (κ1) is 14.5. The molecule has 0 heterocycles. The third kappa shape index (κ3) is 3.37.